The number of rotatable bonds is 2. The number of nitrogens with two attached hydrogens (primary N) is 2. The van der Waals surface area contributed by atoms with Crippen molar-refractivity contribution in [3.8, 4) is 0 Å². The number of fused-ring (bicyclic) bond motifs is 1. The number of nitrogens with zero attached hydrogens (tertiary/aromatic N) is 3. The predicted octanol–water partition coefficient (Wildman–Crippen LogP) is 2.09. The largest absolute Gasteiger partial charge is 0.383 e. The Hall–Kier alpha value is -2.69. The Morgan fingerprint density at radius 2 is 1.95 bits per heavy atom. The van der Waals surface area contributed by atoms with Crippen LogP contribution in [0.2, 0.25) is 0 Å². The fourth-order valence-electron chi connectivity index (χ4n) is 2.34. The van der Waals surface area contributed by atoms with Gasteiger partial charge in [0.05, 0.1) is 5.52 Å². The normalized spacial score (nSPS) is 10.8. The molecule has 0 aliphatic heterocycles. The first-order valence-corrected chi connectivity index (χ1v) is 6.34. The summed E-state index contributed by atoms with van der Waals surface area (Å²) in [6, 6.07) is 8.21. The summed E-state index contributed by atoms with van der Waals surface area (Å²) in [5.74, 6) is 0.623. The molecule has 0 saturated heterocycles. The Kier molecular flexibility index (Phi) is 2.95. The SMILES string of the molecule is Cc1cc(Cc2cnc(N)nc2N)c2cccnc2c1. The number of pyridine rings is 1. The number of aryl methyl sites for hydroxylation is 1. The molecule has 0 aliphatic rings. The van der Waals surface area contributed by atoms with Crippen LogP contribution < -0.4 is 11.5 Å². The van der Waals surface area contributed by atoms with Gasteiger partial charge in [-0.25, -0.2) is 4.98 Å². The summed E-state index contributed by atoms with van der Waals surface area (Å²) in [7, 11) is 0. The summed E-state index contributed by atoms with van der Waals surface area (Å²) < 4.78 is 0. The van der Waals surface area contributed by atoms with Gasteiger partial charge in [0, 0.05) is 29.8 Å². The predicted molar refractivity (Wildman–Crippen MR) is 80.1 cm³/mol. The van der Waals surface area contributed by atoms with E-state index in [-0.39, 0.29) is 5.95 Å². The molecule has 2 aromatic heterocycles. The number of nitrogen functional groups attached to an aromatic ring is 2. The number of hydrogen-bond acceptors (Lipinski definition) is 5. The summed E-state index contributed by atoms with van der Waals surface area (Å²) in [6.45, 7) is 2.06. The van der Waals surface area contributed by atoms with Gasteiger partial charge in [-0.15, -0.1) is 0 Å². The molecule has 0 unspecified atom stereocenters. The fourth-order valence-corrected chi connectivity index (χ4v) is 2.34. The van der Waals surface area contributed by atoms with Gasteiger partial charge >= 0.3 is 0 Å². The van der Waals surface area contributed by atoms with Gasteiger partial charge in [-0.3, -0.25) is 4.98 Å². The third-order valence-electron chi connectivity index (χ3n) is 3.25. The summed E-state index contributed by atoms with van der Waals surface area (Å²) in [5.41, 5.74) is 15.6. The van der Waals surface area contributed by atoms with Gasteiger partial charge in [0.1, 0.15) is 5.82 Å². The molecule has 0 bridgehead atoms. The summed E-state index contributed by atoms with van der Waals surface area (Å²) in [4.78, 5) is 12.4. The van der Waals surface area contributed by atoms with E-state index in [1.54, 1.807) is 12.4 Å². The Labute approximate surface area is 116 Å². The summed E-state index contributed by atoms with van der Waals surface area (Å²) in [5, 5.41) is 1.12. The van der Waals surface area contributed by atoms with E-state index in [1.165, 1.54) is 5.56 Å². The van der Waals surface area contributed by atoms with Gasteiger partial charge < -0.3 is 11.5 Å². The smallest absolute Gasteiger partial charge is 0.221 e. The van der Waals surface area contributed by atoms with Gasteiger partial charge in [-0.1, -0.05) is 12.1 Å². The minimum atomic E-state index is 0.196. The lowest BCUT2D eigenvalue weighted by atomic mass is 9.99. The average Bonchev–Trinajstić information content (AvgIpc) is 2.41. The van der Waals surface area contributed by atoms with Gasteiger partial charge in [0.2, 0.25) is 5.95 Å². The molecule has 3 aromatic rings. The van der Waals surface area contributed by atoms with Gasteiger partial charge in [0.15, 0.2) is 0 Å². The molecule has 2 heterocycles. The molecule has 0 saturated carbocycles. The van der Waals surface area contributed by atoms with Crippen molar-refractivity contribution in [2.24, 2.45) is 0 Å². The van der Waals surface area contributed by atoms with Gasteiger partial charge in [-0.2, -0.15) is 4.98 Å². The van der Waals surface area contributed by atoms with E-state index in [9.17, 15) is 0 Å². The van der Waals surface area contributed by atoms with Crippen molar-refractivity contribution < 1.29 is 0 Å². The highest BCUT2D eigenvalue weighted by molar-refractivity contribution is 5.83. The lowest BCUT2D eigenvalue weighted by Gasteiger charge is -2.09. The van der Waals surface area contributed by atoms with Gasteiger partial charge in [0.25, 0.3) is 0 Å². The highest BCUT2D eigenvalue weighted by Gasteiger charge is 2.08. The van der Waals surface area contributed by atoms with Gasteiger partial charge in [-0.05, 0) is 30.2 Å². The molecule has 0 fully saturated rings. The zero-order valence-corrected chi connectivity index (χ0v) is 11.2. The first-order chi connectivity index (χ1) is 9.63. The highest BCUT2D eigenvalue weighted by Crippen LogP contribution is 2.23. The van der Waals surface area contributed by atoms with Crippen LogP contribution in [-0.4, -0.2) is 15.0 Å². The third kappa shape index (κ3) is 2.25. The molecule has 5 nitrogen and oxygen atoms in total. The van der Waals surface area contributed by atoms with Crippen molar-refractivity contribution in [1.29, 1.82) is 0 Å². The highest BCUT2D eigenvalue weighted by atomic mass is 15.0. The second-order valence-corrected chi connectivity index (χ2v) is 4.81. The van der Waals surface area contributed by atoms with Crippen LogP contribution in [0.3, 0.4) is 0 Å². The second kappa shape index (κ2) is 4.77. The molecule has 0 amide bonds. The minimum absolute atomic E-state index is 0.196. The van der Waals surface area contributed by atoms with Crippen molar-refractivity contribution in [1.82, 2.24) is 15.0 Å². The van der Waals surface area contributed by atoms with Crippen LogP contribution in [-0.2, 0) is 6.42 Å². The standard InChI is InChI=1S/C15H15N5/c1-9-5-10(12-3-2-4-18-13(12)6-9)7-11-8-19-15(17)20-14(11)16/h2-6,8H,7H2,1H3,(H4,16,17,19,20). The zero-order chi connectivity index (χ0) is 14.1. The van der Waals surface area contributed by atoms with Crippen LogP contribution in [0.5, 0.6) is 0 Å². The molecule has 0 aliphatic carbocycles. The van der Waals surface area contributed by atoms with E-state index >= 15 is 0 Å². The van der Waals surface area contributed by atoms with E-state index in [2.05, 4.69) is 40.1 Å². The topological polar surface area (TPSA) is 90.7 Å². The maximum Gasteiger partial charge on any atom is 0.221 e. The van der Waals surface area contributed by atoms with Crippen molar-refractivity contribution in [3.63, 3.8) is 0 Å². The molecule has 20 heavy (non-hydrogen) atoms. The lowest BCUT2D eigenvalue weighted by molar-refractivity contribution is 1.10. The third-order valence-corrected chi connectivity index (χ3v) is 3.25. The molecule has 0 atom stereocenters. The molecule has 5 heteroatoms. The number of hydrogen-bond donors (Lipinski definition) is 2. The van der Waals surface area contributed by atoms with Crippen LogP contribution in [0, 0.1) is 6.92 Å². The van der Waals surface area contributed by atoms with Crippen molar-refractivity contribution in [2.45, 2.75) is 13.3 Å². The average molecular weight is 265 g/mol. The maximum absolute atomic E-state index is 5.90. The van der Waals surface area contributed by atoms with E-state index in [0.717, 1.165) is 22.0 Å². The van der Waals surface area contributed by atoms with E-state index in [1.807, 2.05) is 6.07 Å². The minimum Gasteiger partial charge on any atom is -0.383 e. The first-order valence-electron chi connectivity index (χ1n) is 6.34. The molecule has 1 aromatic carbocycles. The Morgan fingerprint density at radius 3 is 2.75 bits per heavy atom. The Bertz CT molecular complexity index is 782. The second-order valence-electron chi connectivity index (χ2n) is 4.81. The van der Waals surface area contributed by atoms with E-state index in [0.29, 0.717) is 12.2 Å². The molecule has 100 valence electrons. The molecular weight excluding hydrogens is 250 g/mol. The Balaban J connectivity index is 2.10. The molecular formula is C15H15N5. The lowest BCUT2D eigenvalue weighted by Crippen LogP contribution is -2.04. The fraction of sp³-hybridized carbons (Fsp3) is 0.133. The summed E-state index contributed by atoms with van der Waals surface area (Å²) >= 11 is 0. The number of aromatic nitrogens is 3. The van der Waals surface area contributed by atoms with E-state index in [4.69, 9.17) is 11.5 Å². The zero-order valence-electron chi connectivity index (χ0n) is 11.2. The van der Waals surface area contributed by atoms with E-state index < -0.39 is 0 Å². The summed E-state index contributed by atoms with van der Waals surface area (Å²) in [6.07, 6.45) is 4.14. The molecule has 3 rings (SSSR count). The first kappa shape index (κ1) is 12.3. The van der Waals surface area contributed by atoms with Crippen molar-refractivity contribution >= 4 is 22.7 Å². The quantitative estimate of drug-likeness (QED) is 0.740. The Morgan fingerprint density at radius 1 is 1.10 bits per heavy atom. The maximum atomic E-state index is 5.90. The van der Waals surface area contributed by atoms with Crippen LogP contribution in [0.1, 0.15) is 16.7 Å². The monoisotopic (exact) mass is 265 g/mol. The van der Waals surface area contributed by atoms with Crippen LogP contribution >= 0.6 is 0 Å². The van der Waals surface area contributed by atoms with Crippen LogP contribution in [0.15, 0.2) is 36.7 Å². The number of anilines is 2. The van der Waals surface area contributed by atoms with Crippen LogP contribution in [0.4, 0.5) is 11.8 Å². The number of benzene rings is 1. The molecule has 0 spiro atoms. The van der Waals surface area contributed by atoms with Crippen LogP contribution in [0.25, 0.3) is 10.9 Å². The molecule has 0 radical (unpaired) electrons. The van der Waals surface area contributed by atoms with Crippen molar-refractivity contribution in [3.05, 3.63) is 53.3 Å². The molecule has 4 N–H and O–H groups in total. The van der Waals surface area contributed by atoms with Crippen molar-refractivity contribution in [2.75, 3.05) is 11.5 Å².